The molecule has 1 aromatic rings. The molecule has 3 heteroatoms. The van der Waals surface area contributed by atoms with Gasteiger partial charge >= 0.3 is 0 Å². The molecule has 0 spiro atoms. The second kappa shape index (κ2) is 4.94. The fraction of sp³-hybridized carbons (Fsp3) is 0.455. The Hall–Kier alpha value is -0.340. The van der Waals surface area contributed by atoms with Gasteiger partial charge in [0.25, 0.3) is 0 Å². The third-order valence-electron chi connectivity index (χ3n) is 2.37. The van der Waals surface area contributed by atoms with Gasteiger partial charge < -0.3 is 4.90 Å². The molecule has 1 aromatic carbocycles. The summed E-state index contributed by atoms with van der Waals surface area (Å²) in [5.41, 5.74) is 2.20. The average molecular weight is 230 g/mol. The van der Waals surface area contributed by atoms with E-state index < -0.39 is 0 Å². The van der Waals surface area contributed by atoms with Gasteiger partial charge in [0.2, 0.25) is 0 Å². The SMILES string of the molecule is CCN(CC)c1cc(S)c(C)cc1Cl. The van der Waals surface area contributed by atoms with Crippen LogP contribution in [-0.4, -0.2) is 13.1 Å². The van der Waals surface area contributed by atoms with Gasteiger partial charge in [-0.1, -0.05) is 11.6 Å². The summed E-state index contributed by atoms with van der Waals surface area (Å²) in [6, 6.07) is 4.01. The smallest absolute Gasteiger partial charge is 0.0643 e. The maximum Gasteiger partial charge on any atom is 0.0643 e. The molecule has 0 atom stereocenters. The molecule has 0 saturated carbocycles. The molecule has 1 rings (SSSR count). The first-order valence-electron chi connectivity index (χ1n) is 4.84. The number of hydrogen-bond acceptors (Lipinski definition) is 2. The van der Waals surface area contributed by atoms with E-state index >= 15 is 0 Å². The lowest BCUT2D eigenvalue weighted by atomic mass is 10.2. The minimum atomic E-state index is 0.809. The largest absolute Gasteiger partial charge is 0.371 e. The van der Waals surface area contributed by atoms with Crippen molar-refractivity contribution in [2.24, 2.45) is 0 Å². The lowest BCUT2D eigenvalue weighted by molar-refractivity contribution is 0.864. The van der Waals surface area contributed by atoms with Crippen LogP contribution in [0.1, 0.15) is 19.4 Å². The Kier molecular flexibility index (Phi) is 4.14. The van der Waals surface area contributed by atoms with E-state index in [1.54, 1.807) is 0 Å². The Morgan fingerprint density at radius 1 is 1.29 bits per heavy atom. The van der Waals surface area contributed by atoms with Crippen molar-refractivity contribution in [3.05, 3.63) is 22.7 Å². The van der Waals surface area contributed by atoms with E-state index in [0.717, 1.165) is 34.3 Å². The molecule has 0 amide bonds. The van der Waals surface area contributed by atoms with Crippen LogP contribution in [0.3, 0.4) is 0 Å². The fourth-order valence-electron chi connectivity index (χ4n) is 1.46. The van der Waals surface area contributed by atoms with E-state index in [9.17, 15) is 0 Å². The molecular formula is C11H16ClNS. The minimum Gasteiger partial charge on any atom is -0.371 e. The van der Waals surface area contributed by atoms with Crippen molar-refractivity contribution >= 4 is 29.9 Å². The van der Waals surface area contributed by atoms with Crippen LogP contribution >= 0.6 is 24.2 Å². The van der Waals surface area contributed by atoms with Crippen LogP contribution in [0.15, 0.2) is 17.0 Å². The molecule has 0 bridgehead atoms. The Labute approximate surface area is 96.5 Å². The highest BCUT2D eigenvalue weighted by molar-refractivity contribution is 7.80. The van der Waals surface area contributed by atoms with E-state index in [2.05, 4.69) is 31.4 Å². The summed E-state index contributed by atoms with van der Waals surface area (Å²) in [5, 5.41) is 0.809. The molecular weight excluding hydrogens is 214 g/mol. The number of thiol groups is 1. The predicted molar refractivity (Wildman–Crippen MR) is 67.0 cm³/mol. The van der Waals surface area contributed by atoms with E-state index in [0.29, 0.717) is 0 Å². The Balaban J connectivity index is 3.14. The normalized spacial score (nSPS) is 10.4. The van der Waals surface area contributed by atoms with Crippen molar-refractivity contribution in [3.63, 3.8) is 0 Å². The zero-order valence-electron chi connectivity index (χ0n) is 8.84. The maximum absolute atomic E-state index is 6.18. The molecule has 0 aliphatic carbocycles. The number of aryl methyl sites for hydroxylation is 1. The Morgan fingerprint density at radius 3 is 2.36 bits per heavy atom. The van der Waals surface area contributed by atoms with E-state index in [1.165, 1.54) is 0 Å². The number of hydrogen-bond donors (Lipinski definition) is 1. The Bertz CT molecular complexity index is 321. The van der Waals surface area contributed by atoms with Crippen LogP contribution in [0, 0.1) is 6.92 Å². The quantitative estimate of drug-likeness (QED) is 0.772. The summed E-state index contributed by atoms with van der Waals surface area (Å²) in [4.78, 5) is 3.22. The van der Waals surface area contributed by atoms with Gasteiger partial charge in [0.1, 0.15) is 0 Å². The highest BCUT2D eigenvalue weighted by Crippen LogP contribution is 2.30. The molecule has 0 heterocycles. The Morgan fingerprint density at radius 2 is 1.86 bits per heavy atom. The molecule has 1 nitrogen and oxygen atoms in total. The predicted octanol–water partition coefficient (Wildman–Crippen LogP) is 3.78. The maximum atomic E-state index is 6.18. The molecule has 0 aliphatic rings. The van der Waals surface area contributed by atoms with Crippen LogP contribution in [0.5, 0.6) is 0 Å². The minimum absolute atomic E-state index is 0.809. The van der Waals surface area contributed by atoms with Crippen molar-refractivity contribution < 1.29 is 0 Å². The van der Waals surface area contributed by atoms with Crippen molar-refractivity contribution in [1.82, 2.24) is 0 Å². The van der Waals surface area contributed by atoms with Gasteiger partial charge in [-0.3, -0.25) is 0 Å². The van der Waals surface area contributed by atoms with Gasteiger partial charge in [-0.2, -0.15) is 0 Å². The first-order chi connectivity index (χ1) is 6.60. The van der Waals surface area contributed by atoms with E-state index in [-0.39, 0.29) is 0 Å². The first kappa shape index (κ1) is 11.7. The standard InChI is InChI=1S/C11H16ClNS/c1-4-13(5-2)10-7-11(14)8(3)6-9(10)12/h6-7,14H,4-5H2,1-3H3. The molecule has 78 valence electrons. The van der Waals surface area contributed by atoms with Crippen LogP contribution in [0.25, 0.3) is 0 Å². The second-order valence-electron chi connectivity index (χ2n) is 3.26. The van der Waals surface area contributed by atoms with Crippen molar-refractivity contribution in [1.29, 1.82) is 0 Å². The lowest BCUT2D eigenvalue weighted by Gasteiger charge is -2.23. The summed E-state index contributed by atoms with van der Waals surface area (Å²) in [7, 11) is 0. The number of benzene rings is 1. The van der Waals surface area contributed by atoms with E-state index in [1.807, 2.05) is 19.1 Å². The van der Waals surface area contributed by atoms with Crippen molar-refractivity contribution in [3.8, 4) is 0 Å². The number of halogens is 1. The monoisotopic (exact) mass is 229 g/mol. The summed E-state index contributed by atoms with van der Waals surface area (Å²) in [5.74, 6) is 0. The fourth-order valence-corrected chi connectivity index (χ4v) is 1.98. The zero-order valence-corrected chi connectivity index (χ0v) is 10.5. The average Bonchev–Trinajstić information content (AvgIpc) is 2.15. The molecule has 0 aromatic heterocycles. The van der Waals surface area contributed by atoms with Crippen LogP contribution < -0.4 is 4.90 Å². The van der Waals surface area contributed by atoms with Gasteiger partial charge in [0.15, 0.2) is 0 Å². The number of anilines is 1. The molecule has 0 saturated heterocycles. The van der Waals surface area contributed by atoms with Gasteiger partial charge in [0, 0.05) is 18.0 Å². The number of rotatable bonds is 3. The highest BCUT2D eigenvalue weighted by atomic mass is 35.5. The van der Waals surface area contributed by atoms with Crippen LogP contribution in [0.4, 0.5) is 5.69 Å². The van der Waals surface area contributed by atoms with Crippen LogP contribution in [0.2, 0.25) is 5.02 Å². The summed E-state index contributed by atoms with van der Waals surface area (Å²) in [6.45, 7) is 8.19. The third kappa shape index (κ3) is 2.37. The van der Waals surface area contributed by atoms with Crippen molar-refractivity contribution in [2.75, 3.05) is 18.0 Å². The molecule has 0 radical (unpaired) electrons. The second-order valence-corrected chi connectivity index (χ2v) is 4.15. The number of nitrogens with zero attached hydrogens (tertiary/aromatic N) is 1. The first-order valence-corrected chi connectivity index (χ1v) is 5.66. The zero-order chi connectivity index (χ0) is 10.7. The molecule has 0 aliphatic heterocycles. The van der Waals surface area contributed by atoms with Gasteiger partial charge in [-0.25, -0.2) is 0 Å². The highest BCUT2D eigenvalue weighted by Gasteiger charge is 2.08. The van der Waals surface area contributed by atoms with Gasteiger partial charge in [-0.05, 0) is 38.5 Å². The molecule has 0 unspecified atom stereocenters. The van der Waals surface area contributed by atoms with Crippen LogP contribution in [-0.2, 0) is 0 Å². The van der Waals surface area contributed by atoms with E-state index in [4.69, 9.17) is 11.6 Å². The van der Waals surface area contributed by atoms with Gasteiger partial charge in [0.05, 0.1) is 10.7 Å². The summed E-state index contributed by atoms with van der Waals surface area (Å²) >= 11 is 10.6. The summed E-state index contributed by atoms with van der Waals surface area (Å²) < 4.78 is 0. The lowest BCUT2D eigenvalue weighted by Crippen LogP contribution is -2.22. The topological polar surface area (TPSA) is 3.24 Å². The molecule has 0 fully saturated rings. The summed E-state index contributed by atoms with van der Waals surface area (Å²) in [6.07, 6.45) is 0. The molecule has 14 heavy (non-hydrogen) atoms. The molecule has 0 N–H and O–H groups in total. The third-order valence-corrected chi connectivity index (χ3v) is 3.15. The van der Waals surface area contributed by atoms with Crippen molar-refractivity contribution in [2.45, 2.75) is 25.7 Å². The van der Waals surface area contributed by atoms with Gasteiger partial charge in [-0.15, -0.1) is 12.6 Å².